The molecule has 0 aliphatic carbocycles. The number of esters is 3. The van der Waals surface area contributed by atoms with E-state index in [2.05, 4.69) is 27.7 Å². The van der Waals surface area contributed by atoms with Crippen molar-refractivity contribution in [3.05, 3.63) is 0 Å². The minimum Gasteiger partial charge on any atom is -0.462 e. The standard InChI is InChI=1S/C57H110O6/c1-5-8-10-12-14-16-18-25-30-34-38-42-46-50-57(60)63-54(51-61-55(58)48-44-40-36-32-17-15-13-11-9-6-2)52-62-56(59)49-45-41-37-33-29-27-24-22-20-19-21-23-26-28-31-35-39-43-47-53(4)7-3/h53-54H,5-52H2,1-4H3/t53?,54-/m0/s1. The van der Waals surface area contributed by atoms with Gasteiger partial charge in [-0.05, 0) is 25.2 Å². The highest BCUT2D eigenvalue weighted by Crippen LogP contribution is 2.18. The highest BCUT2D eigenvalue weighted by molar-refractivity contribution is 5.71. The number of ether oxygens (including phenoxy) is 3. The monoisotopic (exact) mass is 891 g/mol. The summed E-state index contributed by atoms with van der Waals surface area (Å²) in [5.41, 5.74) is 0. The Hall–Kier alpha value is -1.59. The lowest BCUT2D eigenvalue weighted by atomic mass is 9.99. The van der Waals surface area contributed by atoms with E-state index in [1.165, 1.54) is 218 Å². The maximum atomic E-state index is 12.8. The molecular formula is C57H110O6. The third-order valence-electron chi connectivity index (χ3n) is 13.4. The van der Waals surface area contributed by atoms with Crippen molar-refractivity contribution in [3.63, 3.8) is 0 Å². The van der Waals surface area contributed by atoms with Crippen LogP contribution in [0.2, 0.25) is 0 Å². The Kier molecular flexibility index (Phi) is 50.1. The van der Waals surface area contributed by atoms with Crippen molar-refractivity contribution in [3.8, 4) is 0 Å². The molecule has 0 amide bonds. The molecule has 374 valence electrons. The first-order valence-electron chi connectivity index (χ1n) is 28.4. The van der Waals surface area contributed by atoms with Crippen molar-refractivity contribution in [1.82, 2.24) is 0 Å². The Balaban J connectivity index is 4.18. The zero-order valence-electron chi connectivity index (χ0n) is 43.0. The lowest BCUT2D eigenvalue weighted by Gasteiger charge is -2.18. The molecule has 0 aromatic carbocycles. The molecule has 0 aliphatic rings. The van der Waals surface area contributed by atoms with Crippen LogP contribution >= 0.6 is 0 Å². The lowest BCUT2D eigenvalue weighted by Crippen LogP contribution is -2.30. The first-order chi connectivity index (χ1) is 30.9. The smallest absolute Gasteiger partial charge is 0.306 e. The van der Waals surface area contributed by atoms with Crippen LogP contribution in [0, 0.1) is 5.92 Å². The highest BCUT2D eigenvalue weighted by Gasteiger charge is 2.19. The summed E-state index contributed by atoms with van der Waals surface area (Å²) in [6.45, 7) is 9.08. The van der Waals surface area contributed by atoms with Crippen molar-refractivity contribution in [2.75, 3.05) is 13.2 Å². The Morgan fingerprint density at radius 2 is 0.556 bits per heavy atom. The van der Waals surface area contributed by atoms with Gasteiger partial charge in [0.1, 0.15) is 13.2 Å². The van der Waals surface area contributed by atoms with Crippen molar-refractivity contribution in [1.29, 1.82) is 0 Å². The molecule has 0 N–H and O–H groups in total. The molecule has 0 fully saturated rings. The summed E-state index contributed by atoms with van der Waals surface area (Å²) in [5.74, 6) is 0.0704. The molecule has 0 aliphatic heterocycles. The fourth-order valence-corrected chi connectivity index (χ4v) is 8.72. The number of unbranched alkanes of at least 4 members (excludes halogenated alkanes) is 38. The number of hydrogen-bond donors (Lipinski definition) is 0. The lowest BCUT2D eigenvalue weighted by molar-refractivity contribution is -0.167. The Labute approximate surface area is 393 Å². The largest absolute Gasteiger partial charge is 0.462 e. The van der Waals surface area contributed by atoms with Gasteiger partial charge >= 0.3 is 17.9 Å². The summed E-state index contributed by atoms with van der Waals surface area (Å²) >= 11 is 0. The van der Waals surface area contributed by atoms with Gasteiger partial charge in [-0.1, -0.05) is 285 Å². The fraction of sp³-hybridized carbons (Fsp3) is 0.947. The first-order valence-corrected chi connectivity index (χ1v) is 28.4. The molecule has 0 saturated heterocycles. The van der Waals surface area contributed by atoms with Crippen LogP contribution in [0.4, 0.5) is 0 Å². The molecular weight excluding hydrogens is 781 g/mol. The van der Waals surface area contributed by atoms with Gasteiger partial charge < -0.3 is 14.2 Å². The zero-order chi connectivity index (χ0) is 45.9. The van der Waals surface area contributed by atoms with Crippen LogP contribution in [0.1, 0.15) is 323 Å². The van der Waals surface area contributed by atoms with Gasteiger partial charge in [0.25, 0.3) is 0 Å². The molecule has 2 atom stereocenters. The highest BCUT2D eigenvalue weighted by atomic mass is 16.6. The second-order valence-corrected chi connectivity index (χ2v) is 19.8. The van der Waals surface area contributed by atoms with Crippen molar-refractivity contribution < 1.29 is 28.6 Å². The molecule has 1 unspecified atom stereocenters. The van der Waals surface area contributed by atoms with Gasteiger partial charge in [-0.15, -0.1) is 0 Å². The average molecular weight is 892 g/mol. The van der Waals surface area contributed by atoms with Gasteiger partial charge in [0.15, 0.2) is 6.10 Å². The van der Waals surface area contributed by atoms with Crippen molar-refractivity contribution >= 4 is 17.9 Å². The van der Waals surface area contributed by atoms with E-state index in [0.29, 0.717) is 19.3 Å². The predicted octanol–water partition coefficient (Wildman–Crippen LogP) is 18.6. The van der Waals surface area contributed by atoms with Crippen LogP contribution < -0.4 is 0 Å². The topological polar surface area (TPSA) is 78.9 Å². The Bertz CT molecular complexity index is 951. The van der Waals surface area contributed by atoms with Gasteiger partial charge in [0.2, 0.25) is 0 Å². The average Bonchev–Trinajstić information content (AvgIpc) is 3.28. The SMILES string of the molecule is CCCCCCCCCCCCCCCC(=O)O[C@@H](COC(=O)CCCCCCCCCCCC)COC(=O)CCCCCCCCCCCCCCCCCCCCC(C)CC. The summed E-state index contributed by atoms with van der Waals surface area (Å²) in [6.07, 6.45) is 55.2. The molecule has 0 radical (unpaired) electrons. The van der Waals surface area contributed by atoms with E-state index in [4.69, 9.17) is 14.2 Å². The van der Waals surface area contributed by atoms with E-state index in [0.717, 1.165) is 63.7 Å². The zero-order valence-corrected chi connectivity index (χ0v) is 43.0. The van der Waals surface area contributed by atoms with Crippen molar-refractivity contribution in [2.45, 2.75) is 329 Å². The van der Waals surface area contributed by atoms with E-state index in [-0.39, 0.29) is 31.1 Å². The second kappa shape index (κ2) is 51.4. The van der Waals surface area contributed by atoms with Crippen LogP contribution in [0.3, 0.4) is 0 Å². The van der Waals surface area contributed by atoms with Gasteiger partial charge in [0.05, 0.1) is 0 Å². The van der Waals surface area contributed by atoms with Crippen LogP contribution in [0.25, 0.3) is 0 Å². The van der Waals surface area contributed by atoms with Crippen LogP contribution in [-0.4, -0.2) is 37.2 Å². The van der Waals surface area contributed by atoms with Crippen LogP contribution in [0.5, 0.6) is 0 Å². The minimum absolute atomic E-state index is 0.0621. The third kappa shape index (κ3) is 49.7. The van der Waals surface area contributed by atoms with Crippen LogP contribution in [-0.2, 0) is 28.6 Å². The summed E-state index contributed by atoms with van der Waals surface area (Å²) < 4.78 is 16.8. The minimum atomic E-state index is -0.760. The molecule has 63 heavy (non-hydrogen) atoms. The predicted molar refractivity (Wildman–Crippen MR) is 270 cm³/mol. The van der Waals surface area contributed by atoms with E-state index >= 15 is 0 Å². The van der Waals surface area contributed by atoms with E-state index in [1.807, 2.05) is 0 Å². The first kappa shape index (κ1) is 61.4. The molecule has 0 saturated carbocycles. The molecule has 0 aromatic heterocycles. The molecule has 6 heteroatoms. The maximum Gasteiger partial charge on any atom is 0.306 e. The van der Waals surface area contributed by atoms with Gasteiger partial charge in [-0.2, -0.15) is 0 Å². The number of carbonyl (C=O) groups is 3. The fourth-order valence-electron chi connectivity index (χ4n) is 8.72. The molecule has 6 nitrogen and oxygen atoms in total. The number of carbonyl (C=O) groups excluding carboxylic acids is 3. The molecule has 0 aromatic rings. The summed E-state index contributed by atoms with van der Waals surface area (Å²) in [5, 5.41) is 0. The molecule has 0 bridgehead atoms. The third-order valence-corrected chi connectivity index (χ3v) is 13.4. The maximum absolute atomic E-state index is 12.8. The van der Waals surface area contributed by atoms with Crippen molar-refractivity contribution in [2.24, 2.45) is 5.92 Å². The van der Waals surface area contributed by atoms with E-state index in [1.54, 1.807) is 0 Å². The quantitative estimate of drug-likeness (QED) is 0.0344. The summed E-state index contributed by atoms with van der Waals surface area (Å²) in [7, 11) is 0. The number of rotatable bonds is 52. The molecule has 0 rings (SSSR count). The van der Waals surface area contributed by atoms with E-state index in [9.17, 15) is 14.4 Å². The summed E-state index contributed by atoms with van der Waals surface area (Å²) in [6, 6.07) is 0. The molecule has 0 spiro atoms. The van der Waals surface area contributed by atoms with Gasteiger partial charge in [-0.3, -0.25) is 14.4 Å². The van der Waals surface area contributed by atoms with E-state index < -0.39 is 6.10 Å². The summed E-state index contributed by atoms with van der Waals surface area (Å²) in [4.78, 5) is 38.0. The second-order valence-electron chi connectivity index (χ2n) is 19.8. The van der Waals surface area contributed by atoms with Gasteiger partial charge in [-0.25, -0.2) is 0 Å². The number of hydrogen-bond acceptors (Lipinski definition) is 6. The van der Waals surface area contributed by atoms with Gasteiger partial charge in [0, 0.05) is 19.3 Å². The Morgan fingerprint density at radius 1 is 0.317 bits per heavy atom. The molecule has 0 heterocycles. The van der Waals surface area contributed by atoms with Crippen LogP contribution in [0.15, 0.2) is 0 Å². The Morgan fingerprint density at radius 3 is 0.825 bits per heavy atom. The normalized spacial score (nSPS) is 12.4.